The number of halogens is 1. The molecule has 2 aliphatic heterocycles. The zero-order valence-corrected chi connectivity index (χ0v) is 23.3. The first-order valence-corrected chi connectivity index (χ1v) is 13.7. The minimum Gasteiger partial charge on any atom is -0.378 e. The first-order chi connectivity index (χ1) is 15.8. The number of morpholine rings is 1. The van der Waals surface area contributed by atoms with Crippen LogP contribution >= 0.6 is 12.4 Å². The maximum absolute atomic E-state index is 5.62. The average Bonchev–Trinajstić information content (AvgIpc) is 2.83. The van der Waals surface area contributed by atoms with E-state index in [0.29, 0.717) is 5.41 Å². The lowest BCUT2D eigenvalue weighted by Gasteiger charge is -2.41. The van der Waals surface area contributed by atoms with E-state index in [9.17, 15) is 0 Å². The minimum atomic E-state index is 0. The van der Waals surface area contributed by atoms with Gasteiger partial charge in [-0.1, -0.05) is 40.7 Å². The Balaban J connectivity index is 0.00000324. The second-order valence-corrected chi connectivity index (χ2v) is 12.3. The molecule has 3 aliphatic rings. The van der Waals surface area contributed by atoms with E-state index < -0.39 is 0 Å². The maximum Gasteiger partial charge on any atom is 0.0642 e. The predicted molar refractivity (Wildman–Crippen MR) is 149 cm³/mol. The van der Waals surface area contributed by atoms with Crippen LogP contribution in [0.1, 0.15) is 78.2 Å². The van der Waals surface area contributed by atoms with Gasteiger partial charge in [-0.25, -0.2) is 0 Å². The molecular weight excluding hydrogens is 442 g/mol. The number of hydrogen-bond donors (Lipinski definition) is 0. The lowest BCUT2D eigenvalue weighted by atomic mass is 9.68. The number of ether oxygens (including phenoxy) is 1. The van der Waals surface area contributed by atoms with Crippen molar-refractivity contribution in [1.82, 2.24) is 4.90 Å². The molecule has 3 fully saturated rings. The molecule has 194 valence electrons. The van der Waals surface area contributed by atoms with Crippen molar-refractivity contribution in [3.63, 3.8) is 0 Å². The van der Waals surface area contributed by atoms with E-state index in [0.717, 1.165) is 57.1 Å². The second kappa shape index (κ2) is 12.3. The Bertz CT molecular complexity index is 740. The van der Waals surface area contributed by atoms with Crippen LogP contribution in [-0.4, -0.2) is 63.9 Å². The van der Waals surface area contributed by atoms with Crippen molar-refractivity contribution in [3.8, 4) is 0 Å². The minimum absolute atomic E-state index is 0. The number of anilines is 2. The van der Waals surface area contributed by atoms with Gasteiger partial charge in [-0.05, 0) is 79.5 Å². The van der Waals surface area contributed by atoms with Gasteiger partial charge in [0.25, 0.3) is 0 Å². The fourth-order valence-corrected chi connectivity index (χ4v) is 6.09. The molecule has 0 amide bonds. The summed E-state index contributed by atoms with van der Waals surface area (Å²) in [4.78, 5) is 7.91. The summed E-state index contributed by atoms with van der Waals surface area (Å²) < 4.78 is 5.62. The number of hydrogen-bond acceptors (Lipinski definition) is 4. The summed E-state index contributed by atoms with van der Waals surface area (Å²) in [7, 11) is 0. The third-order valence-corrected chi connectivity index (χ3v) is 8.52. The molecule has 0 aromatic heterocycles. The van der Waals surface area contributed by atoms with Crippen LogP contribution in [0.25, 0.3) is 0 Å². The topological polar surface area (TPSA) is 19.0 Å². The zero-order valence-electron chi connectivity index (χ0n) is 22.5. The SMILES string of the molecule is CC(C)CCN1CCN(c2cc(N3CCOCC3)ccc2C2CCC(C(C)(C)C)CC2)CC1.Cl. The Morgan fingerprint density at radius 3 is 2.12 bits per heavy atom. The zero-order chi connectivity index (χ0) is 23.4. The van der Waals surface area contributed by atoms with E-state index in [-0.39, 0.29) is 12.4 Å². The van der Waals surface area contributed by atoms with E-state index in [1.54, 1.807) is 5.56 Å². The van der Waals surface area contributed by atoms with E-state index in [1.807, 2.05) is 0 Å². The van der Waals surface area contributed by atoms with Gasteiger partial charge in [0.05, 0.1) is 13.2 Å². The van der Waals surface area contributed by atoms with Crippen LogP contribution in [0.5, 0.6) is 0 Å². The summed E-state index contributed by atoms with van der Waals surface area (Å²) in [6.45, 7) is 21.7. The van der Waals surface area contributed by atoms with Crippen molar-refractivity contribution in [1.29, 1.82) is 0 Å². The van der Waals surface area contributed by atoms with Crippen molar-refractivity contribution >= 4 is 23.8 Å². The first-order valence-electron chi connectivity index (χ1n) is 13.7. The van der Waals surface area contributed by atoms with Gasteiger partial charge in [0, 0.05) is 50.6 Å². The van der Waals surface area contributed by atoms with Crippen LogP contribution in [0.15, 0.2) is 18.2 Å². The van der Waals surface area contributed by atoms with Crippen LogP contribution in [0.4, 0.5) is 11.4 Å². The number of piperazine rings is 1. The largest absolute Gasteiger partial charge is 0.378 e. The quantitative estimate of drug-likeness (QED) is 0.456. The van der Waals surface area contributed by atoms with Gasteiger partial charge in [-0.2, -0.15) is 0 Å². The highest BCUT2D eigenvalue weighted by molar-refractivity contribution is 5.85. The highest BCUT2D eigenvalue weighted by Crippen LogP contribution is 2.46. The molecule has 2 heterocycles. The van der Waals surface area contributed by atoms with Crippen LogP contribution in [0.3, 0.4) is 0 Å². The summed E-state index contributed by atoms with van der Waals surface area (Å²) in [5.74, 6) is 2.38. The van der Waals surface area contributed by atoms with Crippen molar-refractivity contribution < 1.29 is 4.74 Å². The summed E-state index contributed by atoms with van der Waals surface area (Å²) in [5, 5.41) is 0. The van der Waals surface area contributed by atoms with Crippen LogP contribution in [0.2, 0.25) is 0 Å². The van der Waals surface area contributed by atoms with Crippen LogP contribution < -0.4 is 9.80 Å². The molecule has 0 spiro atoms. The third-order valence-electron chi connectivity index (χ3n) is 8.52. The van der Waals surface area contributed by atoms with Gasteiger partial charge in [0.1, 0.15) is 0 Å². The Kier molecular flexibility index (Phi) is 10.0. The molecule has 0 radical (unpaired) electrons. The Morgan fingerprint density at radius 2 is 1.53 bits per heavy atom. The molecule has 0 N–H and O–H groups in total. The molecule has 2 saturated heterocycles. The van der Waals surface area contributed by atoms with E-state index >= 15 is 0 Å². The standard InChI is InChI=1S/C29H49N3O.ClH/c1-23(2)12-13-30-14-16-32(17-15-30)28-22-26(31-18-20-33-21-19-31)10-11-27(28)24-6-8-25(9-7-24)29(3,4)5;/h10-11,22-25H,6-9,12-21H2,1-5H3;1H. The molecule has 0 unspecified atom stereocenters. The average molecular weight is 492 g/mol. The Hall–Kier alpha value is -0.970. The number of rotatable bonds is 6. The molecule has 4 rings (SSSR count). The van der Waals surface area contributed by atoms with Gasteiger partial charge in [0.2, 0.25) is 0 Å². The van der Waals surface area contributed by atoms with Crippen LogP contribution in [0, 0.1) is 17.3 Å². The molecule has 0 atom stereocenters. The monoisotopic (exact) mass is 491 g/mol. The third kappa shape index (κ3) is 7.04. The summed E-state index contributed by atoms with van der Waals surface area (Å²) in [6, 6.07) is 7.42. The molecule has 34 heavy (non-hydrogen) atoms. The Morgan fingerprint density at radius 1 is 0.882 bits per heavy atom. The lowest BCUT2D eigenvalue weighted by Crippen LogP contribution is -2.47. The molecule has 1 saturated carbocycles. The van der Waals surface area contributed by atoms with E-state index in [4.69, 9.17) is 4.74 Å². The Labute approximate surface area is 215 Å². The molecular formula is C29H50ClN3O. The fourth-order valence-electron chi connectivity index (χ4n) is 6.09. The molecule has 5 heteroatoms. The number of nitrogens with zero attached hydrogens (tertiary/aromatic N) is 3. The van der Waals surface area contributed by atoms with Crippen molar-refractivity contribution in [3.05, 3.63) is 23.8 Å². The molecule has 1 aromatic rings. The highest BCUT2D eigenvalue weighted by atomic mass is 35.5. The molecule has 4 nitrogen and oxygen atoms in total. The van der Waals surface area contributed by atoms with Gasteiger partial charge in [-0.3, -0.25) is 4.90 Å². The predicted octanol–water partition coefficient (Wildman–Crippen LogP) is 6.43. The fraction of sp³-hybridized carbons (Fsp3) is 0.793. The summed E-state index contributed by atoms with van der Waals surface area (Å²) >= 11 is 0. The van der Waals surface area contributed by atoms with Crippen molar-refractivity contribution in [2.45, 2.75) is 72.6 Å². The lowest BCUT2D eigenvalue weighted by molar-refractivity contribution is 0.122. The first kappa shape index (κ1) is 27.6. The van der Waals surface area contributed by atoms with Gasteiger partial charge < -0.3 is 14.5 Å². The summed E-state index contributed by atoms with van der Waals surface area (Å²) in [5.41, 5.74) is 4.99. The molecule has 1 aromatic carbocycles. The van der Waals surface area contributed by atoms with Crippen molar-refractivity contribution in [2.24, 2.45) is 17.3 Å². The van der Waals surface area contributed by atoms with E-state index in [2.05, 4.69) is 67.5 Å². The second-order valence-electron chi connectivity index (χ2n) is 12.3. The normalized spacial score (nSPS) is 24.9. The van der Waals surface area contributed by atoms with Gasteiger partial charge in [-0.15, -0.1) is 12.4 Å². The van der Waals surface area contributed by atoms with Gasteiger partial charge in [0.15, 0.2) is 0 Å². The van der Waals surface area contributed by atoms with Crippen LogP contribution in [-0.2, 0) is 4.74 Å². The van der Waals surface area contributed by atoms with E-state index in [1.165, 1.54) is 63.1 Å². The molecule has 0 bridgehead atoms. The smallest absolute Gasteiger partial charge is 0.0642 e. The summed E-state index contributed by atoms with van der Waals surface area (Å²) in [6.07, 6.45) is 6.76. The number of benzene rings is 1. The molecule has 1 aliphatic carbocycles. The van der Waals surface area contributed by atoms with Crippen molar-refractivity contribution in [2.75, 3.05) is 68.8 Å². The maximum atomic E-state index is 5.62. The highest BCUT2D eigenvalue weighted by Gasteiger charge is 2.32. The van der Waals surface area contributed by atoms with Gasteiger partial charge >= 0.3 is 0 Å².